The minimum atomic E-state index is -1.59. The second-order valence-electron chi connectivity index (χ2n) is 13.0. The summed E-state index contributed by atoms with van der Waals surface area (Å²) in [7, 11) is 0. The Morgan fingerprint density at radius 2 is 1.70 bits per heavy atom. The van der Waals surface area contributed by atoms with Gasteiger partial charge in [0.25, 0.3) is 0 Å². The summed E-state index contributed by atoms with van der Waals surface area (Å²) in [6.07, 6.45) is 3.79. The molecule has 14 heteroatoms. The molecule has 1 aromatic heterocycles. The summed E-state index contributed by atoms with van der Waals surface area (Å²) in [5.41, 5.74) is 2.56. The number of amides is 2. The summed E-state index contributed by atoms with van der Waals surface area (Å²) in [5.74, 6) is -2.32. The summed E-state index contributed by atoms with van der Waals surface area (Å²) < 4.78 is 6.11. The van der Waals surface area contributed by atoms with Gasteiger partial charge in [-0.1, -0.05) is 26.6 Å². The number of esters is 1. The zero-order valence-electron chi connectivity index (χ0n) is 29.5. The Morgan fingerprint density at radius 3 is 2.30 bits per heavy atom. The number of carboxylic acids is 2. The molecule has 3 N–H and O–H groups in total. The van der Waals surface area contributed by atoms with E-state index in [-0.39, 0.29) is 72.6 Å². The first-order valence-electron chi connectivity index (χ1n) is 16.2. The second kappa shape index (κ2) is 17.3. The molecule has 0 bridgehead atoms. The Morgan fingerprint density at radius 1 is 1.04 bits per heavy atom. The second-order valence-corrected chi connectivity index (χ2v) is 14.1. The van der Waals surface area contributed by atoms with Gasteiger partial charge in [-0.25, -0.2) is 14.6 Å². The van der Waals surface area contributed by atoms with Crippen LogP contribution in [-0.2, 0) is 38.6 Å². The monoisotopic (exact) mass is 754 g/mol. The van der Waals surface area contributed by atoms with Crippen molar-refractivity contribution in [2.45, 2.75) is 85.1 Å². The number of nitrogens with one attached hydrogen (secondary N) is 2. The van der Waals surface area contributed by atoms with E-state index in [0.717, 1.165) is 24.0 Å². The van der Waals surface area contributed by atoms with Gasteiger partial charge in [-0.3, -0.25) is 9.59 Å². The molecule has 12 nitrogen and oxygen atoms in total. The molecule has 50 heavy (non-hydrogen) atoms. The fourth-order valence-corrected chi connectivity index (χ4v) is 7.35. The van der Waals surface area contributed by atoms with Crippen LogP contribution in [-0.4, -0.2) is 52.5 Å². The van der Waals surface area contributed by atoms with Crippen LogP contribution in [0.1, 0.15) is 97.8 Å². The van der Waals surface area contributed by atoms with Crippen LogP contribution in [0.3, 0.4) is 0 Å². The number of allylic oxidation sites excluding steroid dienone is 1. The molecule has 1 saturated carbocycles. The molecule has 2 amide bonds. The van der Waals surface area contributed by atoms with Crippen LogP contribution < -0.4 is 20.7 Å². The quantitative estimate of drug-likeness (QED) is 0.126. The molecule has 0 spiro atoms. The predicted octanol–water partition coefficient (Wildman–Crippen LogP) is 4.65. The molecule has 1 aliphatic carbocycles. The van der Waals surface area contributed by atoms with Gasteiger partial charge in [0.2, 0.25) is 5.91 Å². The SMILES string of the molecule is CC(=O)Nc1[n-]c(/C=C2\N=C(NC(=O)CCCSc3ccc(C(=O)O)c(C(=O)[O-])c3)C(C(=O)OC3C(C)CC(C)CC3C)=C2C)c(C)c1C.[Zn]. The molecule has 0 saturated heterocycles. The third kappa shape index (κ3) is 9.60. The van der Waals surface area contributed by atoms with Gasteiger partial charge in [0.15, 0.2) is 0 Å². The van der Waals surface area contributed by atoms with Crippen molar-refractivity contribution in [3.8, 4) is 0 Å². The molecule has 1 fully saturated rings. The summed E-state index contributed by atoms with van der Waals surface area (Å²) in [4.78, 5) is 71.1. The maximum absolute atomic E-state index is 13.8. The number of carboxylic acid groups (broad SMARTS) is 2. The van der Waals surface area contributed by atoms with Crippen LogP contribution in [0.5, 0.6) is 0 Å². The van der Waals surface area contributed by atoms with Crippen LogP contribution >= 0.6 is 11.8 Å². The number of rotatable bonds is 11. The standard InChI is InChI=1S/C36H44N4O8S.Zn/c1-17-13-18(2)31(19(3)14-17)48-36(47)30-22(6)28(16-27-20(4)21(5)32(38-27)37-23(7)41)39-33(30)40-29(42)9-8-12-49-24-10-11-25(34(43)44)26(15-24)35(45)46;/h10-11,15-19,31H,8-9,12-14H2,1-7H3,(H5,37,38,39,40,41,42,43,44,45,46,47);/p-2. The molecule has 2 unspecified atom stereocenters. The van der Waals surface area contributed by atoms with Gasteiger partial charge in [0.1, 0.15) is 23.4 Å². The number of amidine groups is 1. The van der Waals surface area contributed by atoms with Gasteiger partial charge < -0.3 is 35.4 Å². The Bertz CT molecular complexity index is 1770. The zero-order valence-corrected chi connectivity index (χ0v) is 33.3. The van der Waals surface area contributed by atoms with Crippen LogP contribution in [0.2, 0.25) is 0 Å². The van der Waals surface area contributed by atoms with Crippen molar-refractivity contribution in [2.24, 2.45) is 22.7 Å². The average Bonchev–Trinajstić information content (AvgIpc) is 3.45. The smallest absolute Gasteiger partial charge is 0.342 e. The molecule has 264 valence electrons. The van der Waals surface area contributed by atoms with Gasteiger partial charge in [-0.15, -0.1) is 11.8 Å². The largest absolute Gasteiger partial charge is 0.545 e. The number of aromatic nitrogens is 1. The number of hydrogen-bond acceptors (Lipinski definition) is 9. The number of carbonyl (C=O) groups is 5. The minimum Gasteiger partial charge on any atom is -0.545 e. The predicted molar refractivity (Wildman–Crippen MR) is 184 cm³/mol. The van der Waals surface area contributed by atoms with E-state index in [1.807, 2.05) is 13.8 Å². The van der Waals surface area contributed by atoms with Crippen molar-refractivity contribution in [3.05, 3.63) is 63.0 Å². The van der Waals surface area contributed by atoms with Crippen molar-refractivity contribution in [1.29, 1.82) is 0 Å². The molecule has 2 aliphatic rings. The maximum atomic E-state index is 13.8. The van der Waals surface area contributed by atoms with Gasteiger partial charge >= 0.3 is 11.9 Å². The molecule has 0 radical (unpaired) electrons. The summed E-state index contributed by atoms with van der Waals surface area (Å²) in [6.45, 7) is 13.2. The third-order valence-corrected chi connectivity index (χ3v) is 10.0. The van der Waals surface area contributed by atoms with Gasteiger partial charge in [0.05, 0.1) is 17.2 Å². The summed E-state index contributed by atoms with van der Waals surface area (Å²) in [6, 6.07) is 3.96. The number of thioether (sulfide) groups is 1. The molecule has 1 aliphatic heterocycles. The van der Waals surface area contributed by atoms with Crippen LogP contribution in [0.15, 0.2) is 44.9 Å². The minimum absolute atomic E-state index is 0. The molecule has 2 atom stereocenters. The average molecular weight is 756 g/mol. The first-order chi connectivity index (χ1) is 23.1. The van der Waals surface area contributed by atoms with Crippen molar-refractivity contribution >= 4 is 59.2 Å². The zero-order chi connectivity index (χ0) is 36.2. The van der Waals surface area contributed by atoms with Crippen LogP contribution in [0.4, 0.5) is 5.82 Å². The molecule has 2 heterocycles. The van der Waals surface area contributed by atoms with Gasteiger partial charge in [-0.2, -0.15) is 0 Å². The topological polar surface area (TPSA) is 188 Å². The number of carbonyl (C=O) groups excluding carboxylic acids is 4. The van der Waals surface area contributed by atoms with E-state index in [0.29, 0.717) is 45.8 Å². The van der Waals surface area contributed by atoms with E-state index in [2.05, 4.69) is 41.4 Å². The molecule has 4 rings (SSSR count). The molecular weight excluding hydrogens is 714 g/mol. The maximum Gasteiger partial charge on any atom is 0.342 e. The Kier molecular flexibility index (Phi) is 14.0. The number of benzene rings is 1. The number of ether oxygens (including phenoxy) is 1. The van der Waals surface area contributed by atoms with E-state index in [1.165, 1.54) is 36.9 Å². The van der Waals surface area contributed by atoms with E-state index in [4.69, 9.17) is 4.74 Å². The Hall–Kier alpha value is -4.03. The fourth-order valence-electron chi connectivity index (χ4n) is 6.46. The fraction of sp³-hybridized carbons (Fsp3) is 0.444. The Labute approximate surface area is 308 Å². The normalized spacial score (nSPS) is 20.9. The van der Waals surface area contributed by atoms with Crippen LogP contribution in [0.25, 0.3) is 6.08 Å². The van der Waals surface area contributed by atoms with Crippen molar-refractivity contribution in [1.82, 2.24) is 10.3 Å². The Balaban J connectivity index is 0.00000676. The van der Waals surface area contributed by atoms with E-state index in [9.17, 15) is 34.2 Å². The van der Waals surface area contributed by atoms with Crippen molar-refractivity contribution in [3.63, 3.8) is 0 Å². The number of aromatic carboxylic acids is 2. The van der Waals surface area contributed by atoms with Crippen molar-refractivity contribution in [2.75, 3.05) is 11.1 Å². The summed E-state index contributed by atoms with van der Waals surface area (Å²) >= 11 is 1.27. The van der Waals surface area contributed by atoms with Crippen molar-refractivity contribution < 1.29 is 58.4 Å². The summed E-state index contributed by atoms with van der Waals surface area (Å²) in [5, 5.41) is 26.1. The number of anilines is 1. The van der Waals surface area contributed by atoms with E-state index in [1.54, 1.807) is 13.0 Å². The van der Waals surface area contributed by atoms with Gasteiger partial charge in [0, 0.05) is 36.4 Å². The first kappa shape index (κ1) is 40.4. The number of hydrogen-bond donors (Lipinski definition) is 3. The van der Waals surface area contributed by atoms with E-state index >= 15 is 0 Å². The molecule has 2 aromatic rings. The first-order valence-corrected chi connectivity index (χ1v) is 17.2. The third-order valence-electron chi connectivity index (χ3n) is 8.96. The van der Waals surface area contributed by atoms with Gasteiger partial charge in [-0.05, 0) is 117 Å². The number of nitrogens with zero attached hydrogens (tertiary/aromatic N) is 2. The number of aliphatic imine (C=N–C) groups is 1. The van der Waals surface area contributed by atoms with Crippen LogP contribution in [0, 0.1) is 31.6 Å². The molecular formula is C36H42N4O8SZn-2. The molecule has 1 aromatic carbocycles. The van der Waals surface area contributed by atoms with E-state index < -0.39 is 23.5 Å².